The molecule has 0 unspecified atom stereocenters. The molecule has 1 fully saturated rings. The third kappa shape index (κ3) is 4.07. The first-order valence-electron chi connectivity index (χ1n) is 9.91. The van der Waals surface area contributed by atoms with E-state index in [1.165, 1.54) is 24.3 Å². The molecule has 1 aliphatic heterocycles. The highest BCUT2D eigenvalue weighted by molar-refractivity contribution is 6.43. The van der Waals surface area contributed by atoms with Gasteiger partial charge in [-0.2, -0.15) is 0 Å². The first kappa shape index (κ1) is 21.9. The van der Waals surface area contributed by atoms with Crippen LogP contribution in [-0.4, -0.2) is 24.5 Å². The number of imide groups is 2. The van der Waals surface area contributed by atoms with Crippen molar-refractivity contribution in [2.45, 2.75) is 13.3 Å². The number of carbonyl (C=O) groups is 3. The van der Waals surface area contributed by atoms with E-state index in [9.17, 15) is 14.4 Å². The maximum Gasteiger partial charge on any atom is 0.335 e. The van der Waals surface area contributed by atoms with Crippen LogP contribution in [0.3, 0.4) is 0 Å². The number of urea groups is 1. The number of nitrogens with one attached hydrogen (secondary N) is 1. The molecule has 1 aliphatic rings. The average Bonchev–Trinajstić information content (AvgIpc) is 2.77. The van der Waals surface area contributed by atoms with Gasteiger partial charge in [0.05, 0.1) is 22.3 Å². The van der Waals surface area contributed by atoms with Crippen LogP contribution in [0.1, 0.15) is 18.9 Å². The Labute approximate surface area is 194 Å². The second-order valence-electron chi connectivity index (χ2n) is 7.10. The lowest BCUT2D eigenvalue weighted by atomic mass is 9.99. The molecule has 1 saturated heterocycles. The van der Waals surface area contributed by atoms with Gasteiger partial charge in [0, 0.05) is 5.56 Å². The van der Waals surface area contributed by atoms with Crippen LogP contribution in [0.4, 0.5) is 10.5 Å². The maximum atomic E-state index is 13.3. The molecule has 0 aliphatic carbocycles. The number of fused-ring (bicyclic) bond motifs is 1. The Kier molecular flexibility index (Phi) is 6.17. The smallest absolute Gasteiger partial charge is 0.335 e. The van der Waals surface area contributed by atoms with E-state index in [-0.39, 0.29) is 21.3 Å². The monoisotopic (exact) mass is 468 g/mol. The lowest BCUT2D eigenvalue weighted by molar-refractivity contribution is -0.122. The molecule has 3 aromatic carbocycles. The highest BCUT2D eigenvalue weighted by atomic mass is 35.5. The Morgan fingerprint density at radius 3 is 2.53 bits per heavy atom. The van der Waals surface area contributed by atoms with Crippen LogP contribution in [-0.2, 0) is 9.59 Å². The molecule has 0 aromatic heterocycles. The Balaban J connectivity index is 1.84. The Morgan fingerprint density at radius 2 is 1.78 bits per heavy atom. The molecule has 1 N–H and O–H groups in total. The van der Waals surface area contributed by atoms with E-state index < -0.39 is 17.8 Å². The van der Waals surface area contributed by atoms with Crippen LogP contribution in [0.2, 0.25) is 10.0 Å². The van der Waals surface area contributed by atoms with Gasteiger partial charge in [0.25, 0.3) is 11.8 Å². The molecule has 0 radical (unpaired) electrons. The predicted octanol–water partition coefficient (Wildman–Crippen LogP) is 5.60. The maximum absolute atomic E-state index is 13.3. The Bertz CT molecular complexity index is 1290. The summed E-state index contributed by atoms with van der Waals surface area (Å²) in [4.78, 5) is 39.2. The number of rotatable bonds is 5. The van der Waals surface area contributed by atoms with Crippen LogP contribution in [0.25, 0.3) is 16.8 Å². The molecule has 4 rings (SSSR count). The summed E-state index contributed by atoms with van der Waals surface area (Å²) in [6.45, 7) is 2.46. The van der Waals surface area contributed by atoms with E-state index in [1.54, 1.807) is 6.07 Å². The molecule has 0 atom stereocenters. The summed E-state index contributed by atoms with van der Waals surface area (Å²) in [7, 11) is 0. The van der Waals surface area contributed by atoms with E-state index in [0.717, 1.165) is 22.1 Å². The highest BCUT2D eigenvalue weighted by Crippen LogP contribution is 2.33. The number of halogens is 2. The molecule has 8 heteroatoms. The van der Waals surface area contributed by atoms with Crippen LogP contribution >= 0.6 is 23.2 Å². The lowest BCUT2D eigenvalue weighted by Crippen LogP contribution is -2.54. The number of benzene rings is 3. The van der Waals surface area contributed by atoms with Crippen molar-refractivity contribution in [1.82, 2.24) is 5.32 Å². The summed E-state index contributed by atoms with van der Waals surface area (Å²) in [5.74, 6) is -1.02. The van der Waals surface area contributed by atoms with Crippen molar-refractivity contribution in [3.63, 3.8) is 0 Å². The standard InChI is InChI=1S/C24H18Cl2N2O4/c1-2-11-32-21-10-7-14-5-3-4-6-16(14)17(21)13-18-22(29)27-24(31)28(23(18)30)15-8-9-19(25)20(26)12-15/h3-10,12-13H,2,11H2,1H3,(H,27,29,31)/b18-13+. The van der Waals surface area contributed by atoms with Gasteiger partial charge < -0.3 is 4.74 Å². The highest BCUT2D eigenvalue weighted by Gasteiger charge is 2.37. The minimum Gasteiger partial charge on any atom is -0.493 e. The zero-order chi connectivity index (χ0) is 22.8. The van der Waals surface area contributed by atoms with E-state index in [0.29, 0.717) is 17.9 Å². The fourth-order valence-electron chi connectivity index (χ4n) is 3.42. The third-order valence-corrected chi connectivity index (χ3v) is 5.68. The summed E-state index contributed by atoms with van der Waals surface area (Å²) >= 11 is 12.0. The van der Waals surface area contributed by atoms with Crippen molar-refractivity contribution < 1.29 is 19.1 Å². The lowest BCUT2D eigenvalue weighted by Gasteiger charge is -2.26. The summed E-state index contributed by atoms with van der Waals surface area (Å²) in [5, 5.41) is 4.40. The van der Waals surface area contributed by atoms with Crippen LogP contribution in [0, 0.1) is 0 Å². The van der Waals surface area contributed by atoms with Crippen molar-refractivity contribution in [1.29, 1.82) is 0 Å². The first-order valence-corrected chi connectivity index (χ1v) is 10.7. The minimum atomic E-state index is -0.865. The predicted molar refractivity (Wildman–Crippen MR) is 125 cm³/mol. The number of hydrogen-bond acceptors (Lipinski definition) is 4. The molecule has 6 nitrogen and oxygen atoms in total. The number of carbonyl (C=O) groups excluding carboxylic acids is 3. The number of nitrogens with zero attached hydrogens (tertiary/aromatic N) is 1. The average molecular weight is 469 g/mol. The zero-order valence-corrected chi connectivity index (χ0v) is 18.5. The van der Waals surface area contributed by atoms with Gasteiger partial charge in [-0.1, -0.05) is 60.5 Å². The van der Waals surface area contributed by atoms with Gasteiger partial charge in [-0.05, 0) is 47.5 Å². The van der Waals surface area contributed by atoms with Gasteiger partial charge >= 0.3 is 6.03 Å². The van der Waals surface area contributed by atoms with Crippen molar-refractivity contribution in [3.8, 4) is 5.75 Å². The number of hydrogen-bond donors (Lipinski definition) is 1. The van der Waals surface area contributed by atoms with Crippen LogP contribution in [0.5, 0.6) is 5.75 Å². The van der Waals surface area contributed by atoms with Crippen molar-refractivity contribution >= 4 is 63.6 Å². The number of anilines is 1. The van der Waals surface area contributed by atoms with Crippen molar-refractivity contribution in [3.05, 3.63) is 75.8 Å². The molecular weight excluding hydrogens is 451 g/mol. The molecule has 0 spiro atoms. The second-order valence-corrected chi connectivity index (χ2v) is 7.92. The molecule has 0 bridgehead atoms. The summed E-state index contributed by atoms with van der Waals surface area (Å²) in [5.41, 5.74) is 0.576. The number of barbiturate groups is 1. The molecule has 4 amide bonds. The van der Waals surface area contributed by atoms with E-state index in [1.807, 2.05) is 37.3 Å². The fraction of sp³-hybridized carbons (Fsp3) is 0.125. The Morgan fingerprint density at radius 1 is 1.00 bits per heavy atom. The third-order valence-electron chi connectivity index (χ3n) is 4.94. The molecular formula is C24H18Cl2N2O4. The van der Waals surface area contributed by atoms with Crippen molar-refractivity contribution in [2.75, 3.05) is 11.5 Å². The van der Waals surface area contributed by atoms with Gasteiger partial charge in [-0.15, -0.1) is 0 Å². The summed E-state index contributed by atoms with van der Waals surface area (Å²) < 4.78 is 5.87. The normalized spacial score (nSPS) is 15.4. The topological polar surface area (TPSA) is 75.7 Å². The van der Waals surface area contributed by atoms with E-state index in [4.69, 9.17) is 27.9 Å². The van der Waals surface area contributed by atoms with Crippen molar-refractivity contribution in [2.24, 2.45) is 0 Å². The zero-order valence-electron chi connectivity index (χ0n) is 17.0. The molecule has 32 heavy (non-hydrogen) atoms. The molecule has 162 valence electrons. The second kappa shape index (κ2) is 9.02. The first-order chi connectivity index (χ1) is 15.4. The van der Waals surface area contributed by atoms with Gasteiger partial charge in [0.2, 0.25) is 0 Å². The summed E-state index contributed by atoms with van der Waals surface area (Å²) in [6.07, 6.45) is 2.25. The van der Waals surface area contributed by atoms with Crippen LogP contribution < -0.4 is 15.0 Å². The molecule has 0 saturated carbocycles. The molecule has 3 aromatic rings. The van der Waals surface area contributed by atoms with E-state index >= 15 is 0 Å². The summed E-state index contributed by atoms with van der Waals surface area (Å²) in [6, 6.07) is 14.8. The SMILES string of the molecule is CCCOc1ccc2ccccc2c1/C=C1\C(=O)NC(=O)N(c2ccc(Cl)c(Cl)c2)C1=O. The van der Waals surface area contributed by atoms with Gasteiger partial charge in [-0.3, -0.25) is 14.9 Å². The minimum absolute atomic E-state index is 0.177. The molecule has 1 heterocycles. The quantitative estimate of drug-likeness (QED) is 0.390. The van der Waals surface area contributed by atoms with Gasteiger partial charge in [0.15, 0.2) is 0 Å². The van der Waals surface area contributed by atoms with Crippen LogP contribution in [0.15, 0.2) is 60.2 Å². The Hall–Kier alpha value is -3.35. The fourth-order valence-corrected chi connectivity index (χ4v) is 3.72. The number of ether oxygens (including phenoxy) is 1. The van der Waals surface area contributed by atoms with E-state index in [2.05, 4.69) is 5.32 Å². The number of amides is 4. The largest absolute Gasteiger partial charge is 0.493 e. The van der Waals surface area contributed by atoms with Gasteiger partial charge in [-0.25, -0.2) is 9.69 Å². The van der Waals surface area contributed by atoms with Gasteiger partial charge in [0.1, 0.15) is 11.3 Å².